The summed E-state index contributed by atoms with van der Waals surface area (Å²) in [7, 11) is 0. The molecule has 0 saturated heterocycles. The van der Waals surface area contributed by atoms with Crippen molar-refractivity contribution in [3.05, 3.63) is 69.2 Å². The fourth-order valence-corrected chi connectivity index (χ4v) is 2.43. The van der Waals surface area contributed by atoms with Crippen LogP contribution in [-0.4, -0.2) is 9.55 Å². The van der Waals surface area contributed by atoms with E-state index in [9.17, 15) is 4.79 Å². The van der Waals surface area contributed by atoms with Crippen molar-refractivity contribution in [1.29, 1.82) is 0 Å². The first-order valence-corrected chi connectivity index (χ1v) is 6.42. The molecule has 0 atom stereocenters. The van der Waals surface area contributed by atoms with Crippen LogP contribution in [0.4, 0.5) is 0 Å². The van der Waals surface area contributed by atoms with E-state index in [2.05, 4.69) is 10.9 Å². The van der Waals surface area contributed by atoms with Crippen LogP contribution in [0.25, 0.3) is 16.6 Å². The summed E-state index contributed by atoms with van der Waals surface area (Å²) < 4.78 is 1.81. The normalized spacial score (nSPS) is 10.3. The molecular formula is C16H10N2OS. The molecule has 0 unspecified atom stereocenters. The van der Waals surface area contributed by atoms with Crippen molar-refractivity contribution in [2.75, 3.05) is 0 Å². The smallest absolute Gasteiger partial charge is 0.266 e. The zero-order valence-electron chi connectivity index (χ0n) is 10.5. The number of hydrogen-bond donors (Lipinski definition) is 1. The Morgan fingerprint density at radius 1 is 1.15 bits per heavy atom. The molecule has 0 aliphatic heterocycles. The Morgan fingerprint density at radius 2 is 1.95 bits per heavy atom. The minimum Gasteiger partial charge on any atom is -0.331 e. The SMILES string of the molecule is C#Cc1cccc(-n2c(=S)[nH]c3ccccc3c2=O)c1. The molecule has 3 rings (SSSR count). The molecule has 0 aliphatic carbocycles. The third kappa shape index (κ3) is 1.94. The van der Waals surface area contributed by atoms with Gasteiger partial charge < -0.3 is 4.98 Å². The second-order valence-corrected chi connectivity index (χ2v) is 4.70. The minimum absolute atomic E-state index is 0.154. The predicted molar refractivity (Wildman–Crippen MR) is 82.7 cm³/mol. The standard InChI is InChI=1S/C16H10N2OS/c1-2-11-6-5-7-12(10-11)18-15(19)13-8-3-4-9-14(13)17-16(18)20/h1,3-10H,(H,17,20). The molecule has 1 N–H and O–H groups in total. The Bertz CT molecular complexity index is 960. The Hall–Kier alpha value is -2.64. The molecule has 1 aromatic heterocycles. The molecular weight excluding hydrogens is 268 g/mol. The van der Waals surface area contributed by atoms with Gasteiger partial charge in [-0.3, -0.25) is 9.36 Å². The molecule has 3 nitrogen and oxygen atoms in total. The molecule has 0 radical (unpaired) electrons. The zero-order chi connectivity index (χ0) is 14.1. The Morgan fingerprint density at radius 3 is 2.75 bits per heavy atom. The van der Waals surface area contributed by atoms with E-state index < -0.39 is 0 Å². The first kappa shape index (κ1) is 12.4. The fourth-order valence-electron chi connectivity index (χ4n) is 2.13. The first-order chi connectivity index (χ1) is 9.70. The van der Waals surface area contributed by atoms with Gasteiger partial charge in [0.05, 0.1) is 16.6 Å². The number of nitrogens with one attached hydrogen (secondary N) is 1. The van der Waals surface area contributed by atoms with Crippen LogP contribution in [-0.2, 0) is 0 Å². The Labute approximate surface area is 120 Å². The molecule has 0 spiro atoms. The highest BCUT2D eigenvalue weighted by Crippen LogP contribution is 2.12. The van der Waals surface area contributed by atoms with Crippen molar-refractivity contribution in [3.63, 3.8) is 0 Å². The fraction of sp³-hybridized carbons (Fsp3) is 0. The largest absolute Gasteiger partial charge is 0.331 e. The number of aromatic nitrogens is 2. The summed E-state index contributed by atoms with van der Waals surface area (Å²) in [5, 5.41) is 0.590. The van der Waals surface area contributed by atoms with Crippen molar-refractivity contribution in [2.24, 2.45) is 0 Å². The maximum Gasteiger partial charge on any atom is 0.266 e. The van der Waals surface area contributed by atoms with Crippen LogP contribution in [0.5, 0.6) is 0 Å². The van der Waals surface area contributed by atoms with Gasteiger partial charge in [0.2, 0.25) is 0 Å². The summed E-state index contributed by atoms with van der Waals surface area (Å²) in [6.07, 6.45) is 5.39. The highest BCUT2D eigenvalue weighted by molar-refractivity contribution is 7.71. The van der Waals surface area contributed by atoms with E-state index in [0.717, 1.165) is 5.52 Å². The van der Waals surface area contributed by atoms with Gasteiger partial charge in [0.25, 0.3) is 5.56 Å². The second-order valence-electron chi connectivity index (χ2n) is 4.31. The van der Waals surface area contributed by atoms with Gasteiger partial charge >= 0.3 is 0 Å². The lowest BCUT2D eigenvalue weighted by Crippen LogP contribution is -2.20. The number of nitrogens with zero attached hydrogens (tertiary/aromatic N) is 1. The summed E-state index contributed by atoms with van der Waals surface area (Å²) in [6.45, 7) is 0. The van der Waals surface area contributed by atoms with Crippen molar-refractivity contribution in [3.8, 4) is 18.0 Å². The van der Waals surface area contributed by atoms with Crippen LogP contribution in [0, 0.1) is 17.1 Å². The number of terminal acetylenes is 1. The van der Waals surface area contributed by atoms with E-state index in [1.165, 1.54) is 4.57 Å². The van der Waals surface area contributed by atoms with Gasteiger partial charge in [-0.15, -0.1) is 6.42 Å². The number of benzene rings is 2. The van der Waals surface area contributed by atoms with Crippen LogP contribution < -0.4 is 5.56 Å². The highest BCUT2D eigenvalue weighted by atomic mass is 32.1. The molecule has 20 heavy (non-hydrogen) atoms. The second kappa shape index (κ2) is 4.80. The Kier molecular flexibility index (Phi) is 2.97. The van der Waals surface area contributed by atoms with E-state index in [-0.39, 0.29) is 5.56 Å². The molecule has 0 bridgehead atoms. The van der Waals surface area contributed by atoms with Crippen molar-refractivity contribution >= 4 is 23.1 Å². The Balaban J connectivity index is 2.40. The summed E-state index contributed by atoms with van der Waals surface area (Å²) >= 11 is 5.28. The highest BCUT2D eigenvalue weighted by Gasteiger charge is 2.07. The van der Waals surface area contributed by atoms with Gasteiger partial charge in [-0.25, -0.2) is 0 Å². The summed E-state index contributed by atoms with van der Waals surface area (Å²) in [4.78, 5) is 15.6. The molecule has 3 aromatic rings. The maximum atomic E-state index is 12.6. The number of rotatable bonds is 1. The maximum absolute atomic E-state index is 12.6. The number of fused-ring (bicyclic) bond motifs is 1. The van der Waals surface area contributed by atoms with Gasteiger partial charge in [-0.2, -0.15) is 0 Å². The van der Waals surface area contributed by atoms with Gasteiger partial charge in [0, 0.05) is 5.56 Å². The molecule has 4 heteroatoms. The van der Waals surface area contributed by atoms with Crippen molar-refractivity contribution in [2.45, 2.75) is 0 Å². The predicted octanol–water partition coefficient (Wildman–Crippen LogP) is 3.03. The first-order valence-electron chi connectivity index (χ1n) is 6.02. The van der Waals surface area contributed by atoms with Gasteiger partial charge in [-0.1, -0.05) is 24.1 Å². The third-order valence-electron chi connectivity index (χ3n) is 3.08. The summed E-state index contributed by atoms with van der Waals surface area (Å²) in [5.74, 6) is 2.55. The average Bonchev–Trinajstić information content (AvgIpc) is 2.47. The summed E-state index contributed by atoms with van der Waals surface area (Å²) in [6, 6.07) is 14.5. The lowest BCUT2D eigenvalue weighted by atomic mass is 10.2. The van der Waals surface area contributed by atoms with E-state index in [0.29, 0.717) is 21.4 Å². The van der Waals surface area contributed by atoms with Crippen molar-refractivity contribution in [1.82, 2.24) is 9.55 Å². The quantitative estimate of drug-likeness (QED) is 0.549. The zero-order valence-corrected chi connectivity index (χ0v) is 11.3. The monoisotopic (exact) mass is 278 g/mol. The van der Waals surface area contributed by atoms with E-state index in [4.69, 9.17) is 18.6 Å². The third-order valence-corrected chi connectivity index (χ3v) is 3.36. The van der Waals surface area contributed by atoms with Crippen LogP contribution in [0.2, 0.25) is 0 Å². The van der Waals surface area contributed by atoms with Crippen LogP contribution in [0.1, 0.15) is 5.56 Å². The molecule has 96 valence electrons. The molecule has 0 saturated carbocycles. The van der Waals surface area contributed by atoms with Crippen molar-refractivity contribution < 1.29 is 0 Å². The van der Waals surface area contributed by atoms with Crippen LogP contribution >= 0.6 is 12.2 Å². The number of hydrogen-bond acceptors (Lipinski definition) is 2. The van der Waals surface area contributed by atoms with E-state index >= 15 is 0 Å². The van der Waals surface area contributed by atoms with Gasteiger partial charge in [-0.05, 0) is 42.5 Å². The van der Waals surface area contributed by atoms with E-state index in [1.807, 2.05) is 24.3 Å². The topological polar surface area (TPSA) is 37.8 Å². The number of para-hydroxylation sites is 1. The van der Waals surface area contributed by atoms with Crippen LogP contribution in [0.15, 0.2) is 53.3 Å². The average molecular weight is 278 g/mol. The van der Waals surface area contributed by atoms with Gasteiger partial charge in [0.15, 0.2) is 4.77 Å². The molecule has 0 aliphatic rings. The minimum atomic E-state index is -0.154. The summed E-state index contributed by atoms with van der Waals surface area (Å²) in [5.41, 5.74) is 1.94. The van der Waals surface area contributed by atoms with Crippen LogP contribution in [0.3, 0.4) is 0 Å². The lowest BCUT2D eigenvalue weighted by molar-refractivity contribution is 0.939. The lowest BCUT2D eigenvalue weighted by Gasteiger charge is -2.08. The molecule has 2 aromatic carbocycles. The van der Waals surface area contributed by atoms with Gasteiger partial charge in [0.1, 0.15) is 0 Å². The number of H-pyrrole nitrogens is 1. The van der Waals surface area contributed by atoms with E-state index in [1.54, 1.807) is 24.3 Å². The molecule has 0 fully saturated rings. The molecule has 0 amide bonds. The number of aromatic amines is 1. The molecule has 1 heterocycles.